The smallest absolute Gasteiger partial charge is 0.227 e. The fourth-order valence-corrected chi connectivity index (χ4v) is 4.14. The van der Waals surface area contributed by atoms with Crippen molar-refractivity contribution in [1.29, 1.82) is 0 Å². The lowest BCUT2D eigenvalue weighted by atomic mass is 9.98. The van der Waals surface area contributed by atoms with Gasteiger partial charge in [-0.15, -0.1) is 11.3 Å². The molecule has 2 aromatic heterocycles. The van der Waals surface area contributed by atoms with E-state index in [0.29, 0.717) is 30.6 Å². The maximum Gasteiger partial charge on any atom is 0.227 e. The van der Waals surface area contributed by atoms with Crippen molar-refractivity contribution in [2.45, 2.75) is 57.3 Å². The maximum atomic E-state index is 12.5. The zero-order valence-electron chi connectivity index (χ0n) is 13.9. The zero-order valence-corrected chi connectivity index (χ0v) is 14.7. The van der Waals surface area contributed by atoms with E-state index in [0.717, 1.165) is 55.3 Å². The van der Waals surface area contributed by atoms with E-state index in [1.807, 2.05) is 11.8 Å². The van der Waals surface area contributed by atoms with E-state index in [1.54, 1.807) is 11.3 Å². The molecule has 3 heterocycles. The lowest BCUT2D eigenvalue weighted by molar-refractivity contribution is -0.132. The Hall–Kier alpha value is -1.76. The van der Waals surface area contributed by atoms with Crippen LogP contribution in [0.25, 0.3) is 0 Å². The lowest BCUT2D eigenvalue weighted by Gasteiger charge is -2.31. The van der Waals surface area contributed by atoms with Crippen molar-refractivity contribution in [2.24, 2.45) is 0 Å². The number of carbonyl (C=O) groups is 1. The quantitative estimate of drug-likeness (QED) is 0.832. The molecule has 1 aliphatic heterocycles. The summed E-state index contributed by atoms with van der Waals surface area (Å²) in [6.45, 7) is 3.64. The molecule has 1 saturated carbocycles. The number of amides is 1. The van der Waals surface area contributed by atoms with Crippen molar-refractivity contribution >= 4 is 17.2 Å². The second kappa shape index (κ2) is 6.63. The minimum absolute atomic E-state index is 0.180. The van der Waals surface area contributed by atoms with Gasteiger partial charge >= 0.3 is 0 Å². The number of aryl methyl sites for hydroxylation is 2. The third-order valence-electron chi connectivity index (χ3n) is 4.74. The van der Waals surface area contributed by atoms with Gasteiger partial charge in [-0.2, -0.15) is 4.98 Å². The summed E-state index contributed by atoms with van der Waals surface area (Å²) in [4.78, 5) is 23.5. The van der Waals surface area contributed by atoms with E-state index in [2.05, 4.69) is 20.5 Å². The van der Waals surface area contributed by atoms with Crippen molar-refractivity contribution in [3.63, 3.8) is 0 Å². The van der Waals surface area contributed by atoms with Crippen LogP contribution < -0.4 is 0 Å². The Morgan fingerprint density at radius 3 is 2.96 bits per heavy atom. The van der Waals surface area contributed by atoms with Crippen molar-refractivity contribution in [3.8, 4) is 0 Å². The number of thiazole rings is 1. The van der Waals surface area contributed by atoms with Gasteiger partial charge < -0.3 is 9.42 Å². The molecule has 1 saturated heterocycles. The number of hydrogen-bond donors (Lipinski definition) is 0. The summed E-state index contributed by atoms with van der Waals surface area (Å²) in [6, 6.07) is 0. The van der Waals surface area contributed by atoms with Crippen LogP contribution in [0.1, 0.15) is 66.4 Å². The first-order valence-corrected chi connectivity index (χ1v) is 9.59. The molecule has 1 aliphatic carbocycles. The van der Waals surface area contributed by atoms with E-state index < -0.39 is 0 Å². The molecule has 0 aromatic carbocycles. The molecule has 1 atom stereocenters. The predicted molar refractivity (Wildman–Crippen MR) is 90.0 cm³/mol. The molecule has 0 N–H and O–H groups in total. The summed E-state index contributed by atoms with van der Waals surface area (Å²) >= 11 is 1.71. The minimum atomic E-state index is 0.180. The van der Waals surface area contributed by atoms with E-state index in [9.17, 15) is 4.79 Å². The van der Waals surface area contributed by atoms with E-state index >= 15 is 0 Å². The van der Waals surface area contributed by atoms with Gasteiger partial charge in [0.2, 0.25) is 11.8 Å². The number of likely N-dealkylation sites (tertiary alicyclic amines) is 1. The van der Waals surface area contributed by atoms with Crippen LogP contribution in [0.2, 0.25) is 0 Å². The average Bonchev–Trinajstić information content (AvgIpc) is 3.18. The van der Waals surface area contributed by atoms with E-state index in [4.69, 9.17) is 4.52 Å². The number of nitrogens with zero attached hydrogens (tertiary/aromatic N) is 4. The summed E-state index contributed by atoms with van der Waals surface area (Å²) < 4.78 is 5.26. The van der Waals surface area contributed by atoms with Crippen molar-refractivity contribution < 1.29 is 9.32 Å². The number of carbonyl (C=O) groups excluding carboxylic acids is 1. The Bertz CT molecular complexity index is 722. The number of aromatic nitrogens is 3. The first-order chi connectivity index (χ1) is 11.7. The van der Waals surface area contributed by atoms with Crippen LogP contribution in [0.5, 0.6) is 0 Å². The lowest BCUT2D eigenvalue weighted by Crippen LogP contribution is -2.39. The highest BCUT2D eigenvalue weighted by molar-refractivity contribution is 7.09. The van der Waals surface area contributed by atoms with E-state index in [-0.39, 0.29) is 5.91 Å². The van der Waals surface area contributed by atoms with Crippen molar-refractivity contribution in [1.82, 2.24) is 20.0 Å². The molecule has 128 valence electrons. The third-order valence-corrected chi connectivity index (χ3v) is 5.86. The molecule has 6 nitrogen and oxygen atoms in total. The summed E-state index contributed by atoms with van der Waals surface area (Å²) in [6.07, 6.45) is 5.45. The zero-order chi connectivity index (χ0) is 16.5. The fourth-order valence-electron chi connectivity index (χ4n) is 3.21. The molecule has 0 bridgehead atoms. The Morgan fingerprint density at radius 2 is 2.21 bits per heavy atom. The van der Waals surface area contributed by atoms with E-state index in [1.165, 1.54) is 0 Å². The Balaban J connectivity index is 1.31. The monoisotopic (exact) mass is 346 g/mol. The van der Waals surface area contributed by atoms with Gasteiger partial charge in [-0.1, -0.05) is 5.16 Å². The van der Waals surface area contributed by atoms with Crippen LogP contribution in [0.15, 0.2) is 9.90 Å². The molecule has 24 heavy (non-hydrogen) atoms. The molecule has 7 heteroatoms. The highest BCUT2D eigenvalue weighted by Gasteiger charge is 2.29. The molecule has 4 rings (SSSR count). The molecule has 2 aromatic rings. The second-order valence-electron chi connectivity index (χ2n) is 6.83. The van der Waals surface area contributed by atoms with Gasteiger partial charge in [0.05, 0.1) is 5.01 Å². The van der Waals surface area contributed by atoms with Gasteiger partial charge in [0.15, 0.2) is 5.82 Å². The maximum absolute atomic E-state index is 12.5. The Kier molecular flexibility index (Phi) is 4.35. The predicted octanol–water partition coefficient (Wildman–Crippen LogP) is 3.05. The molecule has 0 radical (unpaired) electrons. The SMILES string of the molecule is Cc1csc([C@@H]2CCCN(C(=O)CCc3nc(C4CC4)no3)C2)n1. The molecular weight excluding hydrogens is 324 g/mol. The van der Waals surface area contributed by atoms with Crippen molar-refractivity contribution in [3.05, 3.63) is 27.8 Å². The van der Waals surface area contributed by atoms with Gasteiger partial charge in [-0.3, -0.25) is 4.79 Å². The number of piperidine rings is 1. The number of hydrogen-bond acceptors (Lipinski definition) is 6. The Labute approximate surface area is 145 Å². The summed E-state index contributed by atoms with van der Waals surface area (Å²) in [5.41, 5.74) is 1.07. The normalized spacial score (nSPS) is 21.2. The van der Waals surface area contributed by atoms with Gasteiger partial charge in [0, 0.05) is 48.8 Å². The fraction of sp³-hybridized carbons (Fsp3) is 0.647. The summed E-state index contributed by atoms with van der Waals surface area (Å²) in [7, 11) is 0. The topological polar surface area (TPSA) is 72.1 Å². The van der Waals surface area contributed by atoms with Crippen LogP contribution in [0.4, 0.5) is 0 Å². The summed E-state index contributed by atoms with van der Waals surface area (Å²) in [5, 5.41) is 7.25. The first-order valence-electron chi connectivity index (χ1n) is 8.71. The van der Waals surface area contributed by atoms with Gasteiger partial charge in [0.25, 0.3) is 0 Å². The molecule has 0 spiro atoms. The van der Waals surface area contributed by atoms with Crippen LogP contribution in [0.3, 0.4) is 0 Å². The van der Waals surface area contributed by atoms with Crippen LogP contribution in [0, 0.1) is 6.92 Å². The van der Waals surface area contributed by atoms with Gasteiger partial charge in [-0.25, -0.2) is 4.98 Å². The van der Waals surface area contributed by atoms with Crippen molar-refractivity contribution in [2.75, 3.05) is 13.1 Å². The standard InChI is InChI=1S/C17H22N4O2S/c1-11-10-24-17(18-11)13-3-2-8-21(9-13)15(22)7-6-14-19-16(20-23-14)12-4-5-12/h10,12-13H,2-9H2,1H3/t13-/m1/s1. The highest BCUT2D eigenvalue weighted by atomic mass is 32.1. The molecule has 2 fully saturated rings. The van der Waals surface area contributed by atoms with Crippen LogP contribution >= 0.6 is 11.3 Å². The summed E-state index contributed by atoms with van der Waals surface area (Å²) in [5.74, 6) is 2.46. The second-order valence-corrected chi connectivity index (χ2v) is 7.72. The Morgan fingerprint density at radius 1 is 1.33 bits per heavy atom. The van der Waals surface area contributed by atoms with Gasteiger partial charge in [-0.05, 0) is 32.6 Å². The largest absolute Gasteiger partial charge is 0.342 e. The number of rotatable bonds is 5. The molecule has 0 unspecified atom stereocenters. The molecular formula is C17H22N4O2S. The van der Waals surface area contributed by atoms with Gasteiger partial charge in [0.1, 0.15) is 0 Å². The molecule has 2 aliphatic rings. The average molecular weight is 346 g/mol. The highest BCUT2D eigenvalue weighted by Crippen LogP contribution is 2.38. The molecule has 1 amide bonds. The first kappa shape index (κ1) is 15.7. The van der Waals surface area contributed by atoms with Crippen LogP contribution in [-0.4, -0.2) is 39.0 Å². The minimum Gasteiger partial charge on any atom is -0.342 e. The van der Waals surface area contributed by atoms with Crippen LogP contribution in [-0.2, 0) is 11.2 Å². The third kappa shape index (κ3) is 3.50.